The van der Waals surface area contributed by atoms with Gasteiger partial charge in [0.2, 0.25) is 0 Å². The summed E-state index contributed by atoms with van der Waals surface area (Å²) in [7, 11) is 1.52. The molecule has 0 saturated carbocycles. The molecular weight excluding hydrogens is 438 g/mol. The second kappa shape index (κ2) is 11.8. The predicted octanol–water partition coefficient (Wildman–Crippen LogP) is 1.43. The number of nitrogens with one attached hydrogen (secondary N) is 1. The zero-order chi connectivity index (χ0) is 23.8. The van der Waals surface area contributed by atoms with E-state index in [0.717, 1.165) is 50.4 Å². The van der Waals surface area contributed by atoms with Crippen LogP contribution in [0.1, 0.15) is 13.3 Å². The maximum atomic E-state index is 13.3. The maximum absolute atomic E-state index is 13.3. The van der Waals surface area contributed by atoms with E-state index in [2.05, 4.69) is 37.1 Å². The van der Waals surface area contributed by atoms with E-state index in [0.29, 0.717) is 43.3 Å². The van der Waals surface area contributed by atoms with E-state index in [4.69, 9.17) is 14.2 Å². The Morgan fingerprint density at radius 3 is 2.56 bits per heavy atom. The minimum Gasteiger partial charge on any atom is -0.467 e. The highest BCUT2D eigenvalue weighted by atomic mass is 16.5. The SMILES string of the molecule is CCCOCCn1c(=O)c(NCCN2CCOCC2)nc2ncc(-c3cnc(OC)nc3)cc21. The highest BCUT2D eigenvalue weighted by molar-refractivity contribution is 5.78. The van der Waals surface area contributed by atoms with E-state index < -0.39 is 0 Å². The van der Waals surface area contributed by atoms with Crippen molar-refractivity contribution in [2.24, 2.45) is 0 Å². The molecule has 0 radical (unpaired) electrons. The molecule has 1 aliphatic rings. The first-order chi connectivity index (χ1) is 16.7. The monoisotopic (exact) mass is 469 g/mol. The fraction of sp³-hybridized carbons (Fsp3) is 0.522. The standard InChI is InChI=1S/C23H31N7O4/c1-3-9-33-12-8-30-19-13-17(18-15-26-23(32-2)27-16-18)14-25-20(19)28-21(22(30)31)24-4-5-29-6-10-34-11-7-29/h13-16H,3-12H2,1-2H3,(H,24,25,28). The number of fused-ring (bicyclic) bond motifs is 1. The molecule has 1 aliphatic heterocycles. The molecule has 4 heterocycles. The Balaban J connectivity index is 1.61. The molecule has 1 N–H and O–H groups in total. The molecule has 0 amide bonds. The summed E-state index contributed by atoms with van der Waals surface area (Å²) in [6.45, 7) is 8.22. The first kappa shape index (κ1) is 24.0. The van der Waals surface area contributed by atoms with Gasteiger partial charge in [-0.1, -0.05) is 6.92 Å². The van der Waals surface area contributed by atoms with Crippen LogP contribution in [0.5, 0.6) is 6.01 Å². The van der Waals surface area contributed by atoms with Crippen LogP contribution >= 0.6 is 0 Å². The zero-order valence-electron chi connectivity index (χ0n) is 19.7. The van der Waals surface area contributed by atoms with Gasteiger partial charge in [0.15, 0.2) is 11.5 Å². The van der Waals surface area contributed by atoms with Gasteiger partial charge in [-0.15, -0.1) is 0 Å². The number of hydrogen-bond donors (Lipinski definition) is 1. The molecule has 1 saturated heterocycles. The zero-order valence-corrected chi connectivity index (χ0v) is 19.7. The van der Waals surface area contributed by atoms with Crippen molar-refractivity contribution in [2.45, 2.75) is 19.9 Å². The van der Waals surface area contributed by atoms with Crippen molar-refractivity contribution in [1.82, 2.24) is 29.4 Å². The van der Waals surface area contributed by atoms with Crippen LogP contribution in [0.15, 0.2) is 29.5 Å². The van der Waals surface area contributed by atoms with Crippen LogP contribution < -0.4 is 15.6 Å². The van der Waals surface area contributed by atoms with Gasteiger partial charge in [0.25, 0.3) is 5.56 Å². The smallest absolute Gasteiger partial charge is 0.316 e. The van der Waals surface area contributed by atoms with Crippen molar-refractivity contribution in [3.8, 4) is 17.1 Å². The van der Waals surface area contributed by atoms with Gasteiger partial charge in [-0.25, -0.2) is 19.9 Å². The van der Waals surface area contributed by atoms with E-state index in [-0.39, 0.29) is 11.6 Å². The lowest BCUT2D eigenvalue weighted by molar-refractivity contribution is 0.0398. The first-order valence-corrected chi connectivity index (χ1v) is 11.6. The van der Waals surface area contributed by atoms with E-state index in [1.807, 2.05) is 6.07 Å². The summed E-state index contributed by atoms with van der Waals surface area (Å²) in [5, 5.41) is 3.21. The van der Waals surface area contributed by atoms with Crippen molar-refractivity contribution in [1.29, 1.82) is 0 Å². The van der Waals surface area contributed by atoms with Crippen LogP contribution in [0.25, 0.3) is 22.3 Å². The number of pyridine rings is 1. The van der Waals surface area contributed by atoms with E-state index in [9.17, 15) is 4.79 Å². The molecule has 0 unspecified atom stereocenters. The molecule has 34 heavy (non-hydrogen) atoms. The number of aromatic nitrogens is 5. The summed E-state index contributed by atoms with van der Waals surface area (Å²) < 4.78 is 17.8. The fourth-order valence-electron chi connectivity index (χ4n) is 3.75. The van der Waals surface area contributed by atoms with Gasteiger partial charge in [0, 0.05) is 69.0 Å². The topological polar surface area (TPSA) is 117 Å². The Morgan fingerprint density at radius 2 is 1.82 bits per heavy atom. The lowest BCUT2D eigenvalue weighted by Crippen LogP contribution is -2.39. The first-order valence-electron chi connectivity index (χ1n) is 11.6. The molecule has 3 aromatic heterocycles. The molecule has 0 atom stereocenters. The summed E-state index contributed by atoms with van der Waals surface area (Å²) in [5.74, 6) is 0.296. The summed E-state index contributed by atoms with van der Waals surface area (Å²) in [6.07, 6.45) is 5.96. The molecule has 3 aromatic rings. The summed E-state index contributed by atoms with van der Waals surface area (Å²) in [4.78, 5) is 33.0. The lowest BCUT2D eigenvalue weighted by Gasteiger charge is -2.26. The number of nitrogens with zero attached hydrogens (tertiary/aromatic N) is 6. The summed E-state index contributed by atoms with van der Waals surface area (Å²) >= 11 is 0. The number of ether oxygens (including phenoxy) is 3. The molecule has 4 rings (SSSR count). The van der Waals surface area contributed by atoms with Crippen LogP contribution in [-0.2, 0) is 16.0 Å². The number of rotatable bonds is 11. The van der Waals surface area contributed by atoms with Crippen LogP contribution in [0, 0.1) is 0 Å². The molecule has 0 bridgehead atoms. The Bertz CT molecular complexity index is 1130. The van der Waals surface area contributed by atoms with Gasteiger partial charge in [-0.2, -0.15) is 0 Å². The average Bonchev–Trinajstić information content (AvgIpc) is 2.88. The third-order valence-corrected chi connectivity index (χ3v) is 5.58. The second-order valence-electron chi connectivity index (χ2n) is 7.94. The minimum atomic E-state index is -0.195. The number of morpholine rings is 1. The van der Waals surface area contributed by atoms with Gasteiger partial charge < -0.3 is 19.5 Å². The molecule has 11 heteroatoms. The number of methoxy groups -OCH3 is 1. The van der Waals surface area contributed by atoms with Crippen molar-refractivity contribution < 1.29 is 14.2 Å². The number of anilines is 1. The highest BCUT2D eigenvalue weighted by Crippen LogP contribution is 2.22. The van der Waals surface area contributed by atoms with Crippen LogP contribution in [-0.4, -0.2) is 89.1 Å². The van der Waals surface area contributed by atoms with Crippen molar-refractivity contribution in [3.63, 3.8) is 0 Å². The molecule has 0 aromatic carbocycles. The minimum absolute atomic E-state index is 0.195. The average molecular weight is 470 g/mol. The quantitative estimate of drug-likeness (QED) is 0.413. The van der Waals surface area contributed by atoms with E-state index in [1.54, 1.807) is 23.2 Å². The largest absolute Gasteiger partial charge is 0.467 e. The van der Waals surface area contributed by atoms with Gasteiger partial charge in [0.05, 0.1) is 32.4 Å². The Kier molecular flexibility index (Phi) is 8.34. The Morgan fingerprint density at radius 1 is 1.06 bits per heavy atom. The molecule has 0 aliphatic carbocycles. The molecular formula is C23H31N7O4. The van der Waals surface area contributed by atoms with Gasteiger partial charge in [-0.05, 0) is 12.5 Å². The maximum Gasteiger partial charge on any atom is 0.316 e. The highest BCUT2D eigenvalue weighted by Gasteiger charge is 2.15. The lowest BCUT2D eigenvalue weighted by atomic mass is 10.1. The Hall–Kier alpha value is -3.15. The van der Waals surface area contributed by atoms with Gasteiger partial charge in [0.1, 0.15) is 0 Å². The summed E-state index contributed by atoms with van der Waals surface area (Å²) in [6, 6.07) is 2.18. The third kappa shape index (κ3) is 5.85. The van der Waals surface area contributed by atoms with Crippen LogP contribution in [0.4, 0.5) is 5.82 Å². The van der Waals surface area contributed by atoms with Crippen LogP contribution in [0.3, 0.4) is 0 Å². The molecule has 11 nitrogen and oxygen atoms in total. The summed E-state index contributed by atoms with van der Waals surface area (Å²) in [5.41, 5.74) is 2.48. The molecule has 1 fully saturated rings. The van der Waals surface area contributed by atoms with Crippen molar-refractivity contribution >= 4 is 17.0 Å². The molecule has 0 spiro atoms. The third-order valence-electron chi connectivity index (χ3n) is 5.58. The number of hydrogen-bond acceptors (Lipinski definition) is 10. The Labute approximate surface area is 198 Å². The van der Waals surface area contributed by atoms with Crippen molar-refractivity contribution in [2.75, 3.05) is 65.0 Å². The normalized spacial score (nSPS) is 14.4. The predicted molar refractivity (Wildman–Crippen MR) is 128 cm³/mol. The van der Waals surface area contributed by atoms with Crippen LogP contribution in [0.2, 0.25) is 0 Å². The van der Waals surface area contributed by atoms with E-state index >= 15 is 0 Å². The van der Waals surface area contributed by atoms with Gasteiger partial charge >= 0.3 is 6.01 Å². The molecule has 182 valence electrons. The fourth-order valence-corrected chi connectivity index (χ4v) is 3.75. The van der Waals surface area contributed by atoms with E-state index in [1.165, 1.54) is 7.11 Å². The van der Waals surface area contributed by atoms with Crippen molar-refractivity contribution in [3.05, 3.63) is 35.0 Å². The van der Waals surface area contributed by atoms with Gasteiger partial charge in [-0.3, -0.25) is 14.3 Å². The second-order valence-corrected chi connectivity index (χ2v) is 7.94.